The molecule has 2 atom stereocenters. The van der Waals surface area contributed by atoms with Gasteiger partial charge in [-0.05, 0) is 31.1 Å². The summed E-state index contributed by atoms with van der Waals surface area (Å²) >= 11 is 0. The number of hydrogen-bond acceptors (Lipinski definition) is 2. The lowest BCUT2D eigenvalue weighted by atomic mass is 9.80. The standard InChI is InChI=1S/C14H29NO/c1-6-12(11-7-8-11)15-9-14(4,5)13(16)10(2)3/h10-13,15-16H,6-9H2,1-5H3. The van der Waals surface area contributed by atoms with Gasteiger partial charge in [0.05, 0.1) is 6.10 Å². The fraction of sp³-hybridized carbons (Fsp3) is 1.00. The van der Waals surface area contributed by atoms with Crippen LogP contribution in [-0.2, 0) is 0 Å². The molecule has 0 amide bonds. The Balaban J connectivity index is 2.39. The third-order valence-corrected chi connectivity index (χ3v) is 3.88. The van der Waals surface area contributed by atoms with E-state index in [-0.39, 0.29) is 11.5 Å². The van der Waals surface area contributed by atoms with E-state index in [0.29, 0.717) is 12.0 Å². The van der Waals surface area contributed by atoms with Crippen molar-refractivity contribution in [3.63, 3.8) is 0 Å². The largest absolute Gasteiger partial charge is 0.392 e. The van der Waals surface area contributed by atoms with Gasteiger partial charge >= 0.3 is 0 Å². The Labute approximate surface area is 101 Å². The number of aliphatic hydroxyl groups excluding tert-OH is 1. The van der Waals surface area contributed by atoms with Crippen LogP contribution in [-0.4, -0.2) is 23.8 Å². The Morgan fingerprint density at radius 3 is 2.25 bits per heavy atom. The monoisotopic (exact) mass is 227 g/mol. The molecular weight excluding hydrogens is 198 g/mol. The summed E-state index contributed by atoms with van der Waals surface area (Å²) < 4.78 is 0. The number of aliphatic hydroxyl groups is 1. The molecule has 16 heavy (non-hydrogen) atoms. The molecule has 0 aliphatic heterocycles. The first-order valence-corrected chi connectivity index (χ1v) is 6.80. The molecule has 2 unspecified atom stereocenters. The van der Waals surface area contributed by atoms with Gasteiger partial charge in [-0.15, -0.1) is 0 Å². The van der Waals surface area contributed by atoms with E-state index in [1.807, 2.05) is 0 Å². The maximum absolute atomic E-state index is 10.2. The first-order chi connectivity index (χ1) is 7.38. The first-order valence-electron chi connectivity index (χ1n) is 6.80. The van der Waals surface area contributed by atoms with E-state index in [1.54, 1.807) is 0 Å². The van der Waals surface area contributed by atoms with Crippen molar-refractivity contribution in [2.45, 2.75) is 66.0 Å². The van der Waals surface area contributed by atoms with Crippen LogP contribution in [0.2, 0.25) is 0 Å². The molecule has 96 valence electrons. The van der Waals surface area contributed by atoms with E-state index in [2.05, 4.69) is 39.9 Å². The molecule has 0 saturated heterocycles. The third kappa shape index (κ3) is 3.74. The van der Waals surface area contributed by atoms with Gasteiger partial charge < -0.3 is 10.4 Å². The van der Waals surface area contributed by atoms with Crippen molar-refractivity contribution in [3.05, 3.63) is 0 Å². The van der Waals surface area contributed by atoms with Gasteiger partial charge in [-0.3, -0.25) is 0 Å². The van der Waals surface area contributed by atoms with Crippen molar-refractivity contribution in [1.82, 2.24) is 5.32 Å². The molecule has 1 aliphatic carbocycles. The number of hydrogen-bond donors (Lipinski definition) is 2. The van der Waals surface area contributed by atoms with Crippen LogP contribution in [0, 0.1) is 17.3 Å². The molecule has 2 nitrogen and oxygen atoms in total. The van der Waals surface area contributed by atoms with Crippen LogP contribution in [0.1, 0.15) is 53.9 Å². The summed E-state index contributed by atoms with van der Waals surface area (Å²) in [5, 5.41) is 13.8. The summed E-state index contributed by atoms with van der Waals surface area (Å²) in [4.78, 5) is 0. The normalized spacial score (nSPS) is 21.2. The second-order valence-corrected chi connectivity index (χ2v) is 6.41. The fourth-order valence-corrected chi connectivity index (χ4v) is 2.54. The van der Waals surface area contributed by atoms with E-state index in [4.69, 9.17) is 0 Å². The molecule has 1 aliphatic rings. The molecule has 0 radical (unpaired) electrons. The minimum atomic E-state index is -0.225. The summed E-state index contributed by atoms with van der Waals surface area (Å²) in [6.45, 7) is 11.7. The molecule has 0 aromatic carbocycles. The molecule has 0 bridgehead atoms. The quantitative estimate of drug-likeness (QED) is 0.701. The molecule has 0 aromatic rings. The van der Waals surface area contributed by atoms with E-state index >= 15 is 0 Å². The predicted octanol–water partition coefficient (Wildman–Crippen LogP) is 2.81. The first kappa shape index (κ1) is 14.0. The Bertz CT molecular complexity index is 209. The maximum Gasteiger partial charge on any atom is 0.0626 e. The third-order valence-electron chi connectivity index (χ3n) is 3.88. The van der Waals surface area contributed by atoms with Gasteiger partial charge in [0, 0.05) is 18.0 Å². The lowest BCUT2D eigenvalue weighted by molar-refractivity contribution is 0.0116. The minimum absolute atomic E-state index is 0.0313. The lowest BCUT2D eigenvalue weighted by Crippen LogP contribution is -2.45. The zero-order chi connectivity index (χ0) is 12.3. The van der Waals surface area contributed by atoms with Gasteiger partial charge in [0.15, 0.2) is 0 Å². The topological polar surface area (TPSA) is 32.3 Å². The highest BCUT2D eigenvalue weighted by molar-refractivity contribution is 4.89. The van der Waals surface area contributed by atoms with Gasteiger partial charge in [0.1, 0.15) is 0 Å². The van der Waals surface area contributed by atoms with E-state index < -0.39 is 0 Å². The zero-order valence-corrected chi connectivity index (χ0v) is 11.6. The van der Waals surface area contributed by atoms with Crippen molar-refractivity contribution >= 4 is 0 Å². The number of rotatable bonds is 7. The van der Waals surface area contributed by atoms with E-state index in [1.165, 1.54) is 19.3 Å². The summed E-state index contributed by atoms with van der Waals surface area (Å²) in [5.41, 5.74) is -0.0313. The van der Waals surface area contributed by atoms with Crippen LogP contribution in [0.25, 0.3) is 0 Å². The van der Waals surface area contributed by atoms with Crippen molar-refractivity contribution in [1.29, 1.82) is 0 Å². The highest BCUT2D eigenvalue weighted by Gasteiger charge is 2.34. The van der Waals surface area contributed by atoms with Crippen LogP contribution >= 0.6 is 0 Å². The van der Waals surface area contributed by atoms with Crippen molar-refractivity contribution < 1.29 is 5.11 Å². The maximum atomic E-state index is 10.2. The highest BCUT2D eigenvalue weighted by Crippen LogP contribution is 2.34. The van der Waals surface area contributed by atoms with Gasteiger partial charge in [-0.1, -0.05) is 34.6 Å². The molecule has 1 saturated carbocycles. The van der Waals surface area contributed by atoms with Gasteiger partial charge in [-0.25, -0.2) is 0 Å². The van der Waals surface area contributed by atoms with Crippen LogP contribution < -0.4 is 5.32 Å². The SMILES string of the molecule is CCC(NCC(C)(C)C(O)C(C)C)C1CC1. The summed E-state index contributed by atoms with van der Waals surface area (Å²) in [6, 6.07) is 0.665. The van der Waals surface area contributed by atoms with Gasteiger partial charge in [0.25, 0.3) is 0 Å². The van der Waals surface area contributed by atoms with Crippen molar-refractivity contribution in [3.8, 4) is 0 Å². The fourth-order valence-electron chi connectivity index (χ4n) is 2.54. The minimum Gasteiger partial charge on any atom is -0.392 e. The van der Waals surface area contributed by atoms with E-state index in [0.717, 1.165) is 12.5 Å². The van der Waals surface area contributed by atoms with Crippen LogP contribution in [0.4, 0.5) is 0 Å². The van der Waals surface area contributed by atoms with E-state index in [9.17, 15) is 5.11 Å². The summed E-state index contributed by atoms with van der Waals surface area (Å²) in [6.07, 6.45) is 3.76. The number of nitrogens with one attached hydrogen (secondary N) is 1. The average molecular weight is 227 g/mol. The molecule has 1 rings (SSSR count). The molecule has 0 heterocycles. The highest BCUT2D eigenvalue weighted by atomic mass is 16.3. The zero-order valence-electron chi connectivity index (χ0n) is 11.6. The summed E-state index contributed by atoms with van der Waals surface area (Å²) in [7, 11) is 0. The Hall–Kier alpha value is -0.0800. The molecular formula is C14H29NO. The van der Waals surface area contributed by atoms with Crippen LogP contribution in [0.3, 0.4) is 0 Å². The molecule has 0 spiro atoms. The molecule has 2 heteroatoms. The van der Waals surface area contributed by atoms with Crippen LogP contribution in [0.15, 0.2) is 0 Å². The van der Waals surface area contributed by atoms with Gasteiger partial charge in [0.2, 0.25) is 0 Å². The van der Waals surface area contributed by atoms with Crippen molar-refractivity contribution in [2.24, 2.45) is 17.3 Å². The second kappa shape index (κ2) is 5.50. The Morgan fingerprint density at radius 1 is 1.31 bits per heavy atom. The molecule has 0 aromatic heterocycles. The van der Waals surface area contributed by atoms with Gasteiger partial charge in [-0.2, -0.15) is 0 Å². The second-order valence-electron chi connectivity index (χ2n) is 6.41. The lowest BCUT2D eigenvalue weighted by Gasteiger charge is -2.35. The Morgan fingerprint density at radius 2 is 1.88 bits per heavy atom. The molecule has 2 N–H and O–H groups in total. The summed E-state index contributed by atoms with van der Waals surface area (Å²) in [5.74, 6) is 1.23. The predicted molar refractivity (Wildman–Crippen MR) is 69.4 cm³/mol. The van der Waals surface area contributed by atoms with Crippen molar-refractivity contribution in [2.75, 3.05) is 6.54 Å². The Kier molecular flexibility index (Phi) is 4.81. The average Bonchev–Trinajstić information content (AvgIpc) is 3.01. The smallest absolute Gasteiger partial charge is 0.0626 e. The molecule has 1 fully saturated rings. The van der Waals surface area contributed by atoms with Crippen LogP contribution in [0.5, 0.6) is 0 Å².